The highest BCUT2D eigenvalue weighted by molar-refractivity contribution is 9.10. The molecule has 0 spiro atoms. The highest BCUT2D eigenvalue weighted by Crippen LogP contribution is 2.35. The van der Waals surface area contributed by atoms with Crippen LogP contribution in [0.1, 0.15) is 23.5 Å². The third kappa shape index (κ3) is 2.75. The summed E-state index contributed by atoms with van der Waals surface area (Å²) in [7, 11) is 0. The summed E-state index contributed by atoms with van der Waals surface area (Å²) in [6, 6.07) is 5.76. The molecule has 0 aliphatic rings. The number of fused-ring (bicyclic) bond motifs is 1. The Morgan fingerprint density at radius 3 is 2.84 bits per heavy atom. The second-order valence-corrected chi connectivity index (χ2v) is 6.68. The number of thiophene rings is 1. The van der Waals surface area contributed by atoms with Crippen LogP contribution in [0.5, 0.6) is 0 Å². The lowest BCUT2D eigenvalue weighted by Gasteiger charge is -2.19. The Morgan fingerprint density at radius 1 is 1.53 bits per heavy atom. The Bertz CT molecular complexity index is 697. The first-order valence-electron chi connectivity index (χ1n) is 5.62. The van der Waals surface area contributed by atoms with Gasteiger partial charge in [0.25, 0.3) is 5.91 Å². The van der Waals surface area contributed by atoms with E-state index in [2.05, 4.69) is 27.2 Å². The predicted octanol–water partition coefficient (Wildman–Crippen LogP) is 3.39. The second-order valence-electron chi connectivity index (χ2n) is 4.71. The number of anilines is 1. The molecule has 98 valence electrons. The number of carbonyl (C=O) groups is 1. The molecule has 2 rings (SSSR count). The van der Waals surface area contributed by atoms with E-state index in [0.717, 1.165) is 14.6 Å². The number of halogens is 1. The molecule has 0 unspecified atom stereocenters. The van der Waals surface area contributed by atoms with E-state index in [1.165, 1.54) is 11.3 Å². The van der Waals surface area contributed by atoms with Gasteiger partial charge in [0.05, 0.1) is 11.2 Å². The van der Waals surface area contributed by atoms with Crippen molar-refractivity contribution in [3.8, 4) is 12.3 Å². The van der Waals surface area contributed by atoms with Crippen molar-refractivity contribution < 1.29 is 4.79 Å². The lowest BCUT2D eigenvalue weighted by atomic mass is 10.1. The van der Waals surface area contributed by atoms with Crippen LogP contribution in [0, 0.1) is 12.3 Å². The maximum absolute atomic E-state index is 12.2. The minimum Gasteiger partial charge on any atom is -0.397 e. The average molecular weight is 337 g/mol. The number of rotatable bonds is 2. The number of hydrogen-bond donors (Lipinski definition) is 2. The standard InChI is InChI=1S/C14H13BrN2OS/c1-4-14(2,3)17-13(18)12-11(16)9-7-8(15)5-6-10(9)19-12/h1,5-7H,16H2,2-3H3,(H,17,18). The quantitative estimate of drug-likeness (QED) is 0.826. The fourth-order valence-electron chi connectivity index (χ4n) is 1.63. The van der Waals surface area contributed by atoms with E-state index in [0.29, 0.717) is 10.6 Å². The van der Waals surface area contributed by atoms with Crippen molar-refractivity contribution in [3.63, 3.8) is 0 Å². The maximum Gasteiger partial charge on any atom is 0.264 e. The van der Waals surface area contributed by atoms with Gasteiger partial charge < -0.3 is 11.1 Å². The normalized spacial score (nSPS) is 11.3. The first-order valence-corrected chi connectivity index (χ1v) is 7.23. The molecule has 0 saturated carbocycles. The Morgan fingerprint density at radius 2 is 2.21 bits per heavy atom. The molecular formula is C14H13BrN2OS. The van der Waals surface area contributed by atoms with Gasteiger partial charge in [-0.1, -0.05) is 21.9 Å². The van der Waals surface area contributed by atoms with E-state index in [9.17, 15) is 4.79 Å². The summed E-state index contributed by atoms with van der Waals surface area (Å²) in [5.41, 5.74) is 5.84. The molecule has 0 atom stereocenters. The van der Waals surface area contributed by atoms with Crippen molar-refractivity contribution in [2.24, 2.45) is 0 Å². The zero-order valence-corrected chi connectivity index (χ0v) is 13.0. The average Bonchev–Trinajstić information content (AvgIpc) is 2.66. The number of amides is 1. The molecule has 2 aromatic rings. The zero-order valence-electron chi connectivity index (χ0n) is 10.6. The van der Waals surface area contributed by atoms with E-state index < -0.39 is 5.54 Å². The van der Waals surface area contributed by atoms with Gasteiger partial charge in [-0.3, -0.25) is 4.79 Å². The molecule has 3 nitrogen and oxygen atoms in total. The van der Waals surface area contributed by atoms with Crippen LogP contribution < -0.4 is 11.1 Å². The van der Waals surface area contributed by atoms with Crippen LogP contribution in [-0.2, 0) is 0 Å². The fraction of sp³-hybridized carbons (Fsp3) is 0.214. The molecule has 3 N–H and O–H groups in total. The second kappa shape index (κ2) is 4.87. The number of hydrogen-bond acceptors (Lipinski definition) is 3. The Balaban J connectivity index is 2.44. The van der Waals surface area contributed by atoms with Gasteiger partial charge in [0, 0.05) is 14.6 Å². The van der Waals surface area contributed by atoms with Crippen LogP contribution in [0.3, 0.4) is 0 Å². The largest absolute Gasteiger partial charge is 0.397 e. The van der Waals surface area contributed by atoms with Gasteiger partial charge in [0.2, 0.25) is 0 Å². The Kier molecular flexibility index (Phi) is 3.57. The number of carbonyl (C=O) groups excluding carboxylic acids is 1. The van der Waals surface area contributed by atoms with Crippen LogP contribution in [0.25, 0.3) is 10.1 Å². The number of nitrogens with two attached hydrogens (primary N) is 1. The van der Waals surface area contributed by atoms with Crippen molar-refractivity contribution in [2.45, 2.75) is 19.4 Å². The molecule has 19 heavy (non-hydrogen) atoms. The molecule has 1 aromatic carbocycles. The van der Waals surface area contributed by atoms with Crippen molar-refractivity contribution >= 4 is 48.9 Å². The van der Waals surface area contributed by atoms with Crippen molar-refractivity contribution in [3.05, 3.63) is 27.5 Å². The first-order chi connectivity index (χ1) is 8.84. The summed E-state index contributed by atoms with van der Waals surface area (Å²) in [5, 5.41) is 3.66. The summed E-state index contributed by atoms with van der Waals surface area (Å²) in [6.45, 7) is 3.54. The first kappa shape index (κ1) is 13.9. The predicted molar refractivity (Wildman–Crippen MR) is 84.3 cm³/mol. The third-order valence-corrected chi connectivity index (χ3v) is 4.36. The van der Waals surface area contributed by atoms with Gasteiger partial charge in [-0.15, -0.1) is 17.8 Å². The molecule has 5 heteroatoms. The van der Waals surface area contributed by atoms with E-state index in [-0.39, 0.29) is 5.91 Å². The van der Waals surface area contributed by atoms with Crippen LogP contribution in [0.4, 0.5) is 5.69 Å². The smallest absolute Gasteiger partial charge is 0.264 e. The molecule has 0 bridgehead atoms. The molecule has 0 saturated heterocycles. The van der Waals surface area contributed by atoms with Crippen LogP contribution in [-0.4, -0.2) is 11.4 Å². The molecule has 1 aromatic heterocycles. The molecule has 0 fully saturated rings. The van der Waals surface area contributed by atoms with Crippen LogP contribution >= 0.6 is 27.3 Å². The summed E-state index contributed by atoms with van der Waals surface area (Å²) in [6.07, 6.45) is 5.37. The zero-order chi connectivity index (χ0) is 14.2. The van der Waals surface area contributed by atoms with Gasteiger partial charge in [-0.25, -0.2) is 0 Å². The maximum atomic E-state index is 12.2. The minimum atomic E-state index is -0.694. The van der Waals surface area contributed by atoms with Crippen molar-refractivity contribution in [1.29, 1.82) is 0 Å². The Labute approximate surface area is 124 Å². The highest BCUT2D eigenvalue weighted by Gasteiger charge is 2.22. The van der Waals surface area contributed by atoms with Crippen molar-refractivity contribution in [2.75, 3.05) is 5.73 Å². The van der Waals surface area contributed by atoms with Crippen molar-refractivity contribution in [1.82, 2.24) is 5.32 Å². The third-order valence-electron chi connectivity index (χ3n) is 2.68. The monoisotopic (exact) mass is 336 g/mol. The van der Waals surface area contributed by atoms with Gasteiger partial charge in [-0.05, 0) is 32.0 Å². The van der Waals surface area contributed by atoms with Crippen LogP contribution in [0.15, 0.2) is 22.7 Å². The van der Waals surface area contributed by atoms with Gasteiger partial charge in [-0.2, -0.15) is 0 Å². The molecule has 1 heterocycles. The lowest BCUT2D eigenvalue weighted by molar-refractivity contribution is 0.0935. The summed E-state index contributed by atoms with van der Waals surface area (Å²) in [5.74, 6) is 2.29. The Hall–Kier alpha value is -1.51. The number of terminal acetylenes is 1. The van der Waals surface area contributed by atoms with Crippen LogP contribution in [0.2, 0.25) is 0 Å². The summed E-state index contributed by atoms with van der Waals surface area (Å²) >= 11 is 4.76. The van der Waals surface area contributed by atoms with Gasteiger partial charge in [0.1, 0.15) is 4.88 Å². The number of benzene rings is 1. The van der Waals surface area contributed by atoms with Gasteiger partial charge in [0.15, 0.2) is 0 Å². The summed E-state index contributed by atoms with van der Waals surface area (Å²) in [4.78, 5) is 12.7. The number of nitrogen functional groups attached to an aromatic ring is 1. The topological polar surface area (TPSA) is 55.1 Å². The molecule has 1 amide bonds. The minimum absolute atomic E-state index is 0.238. The number of nitrogens with one attached hydrogen (secondary N) is 1. The van der Waals surface area contributed by atoms with E-state index >= 15 is 0 Å². The molecule has 0 radical (unpaired) electrons. The van der Waals surface area contributed by atoms with E-state index in [1.54, 1.807) is 13.8 Å². The molecular weight excluding hydrogens is 324 g/mol. The molecule has 0 aliphatic heterocycles. The highest BCUT2D eigenvalue weighted by atomic mass is 79.9. The van der Waals surface area contributed by atoms with E-state index in [1.807, 2.05) is 18.2 Å². The lowest BCUT2D eigenvalue weighted by Crippen LogP contribution is -2.41. The molecule has 0 aliphatic carbocycles. The fourth-order valence-corrected chi connectivity index (χ4v) is 2.99. The van der Waals surface area contributed by atoms with E-state index in [4.69, 9.17) is 12.2 Å². The summed E-state index contributed by atoms with van der Waals surface area (Å²) < 4.78 is 1.91. The SMILES string of the molecule is C#CC(C)(C)NC(=O)c1sc2ccc(Br)cc2c1N. The van der Waals surface area contributed by atoms with Gasteiger partial charge >= 0.3 is 0 Å².